The van der Waals surface area contributed by atoms with Gasteiger partial charge in [-0.05, 0) is 50.2 Å². The van der Waals surface area contributed by atoms with Crippen molar-refractivity contribution in [3.63, 3.8) is 0 Å². The largest absolute Gasteiger partial charge is 0.737 e. The number of alkyl halides is 3. The first-order chi connectivity index (χ1) is 13.0. The molecule has 0 bridgehead atoms. The number of halogens is 5. The van der Waals surface area contributed by atoms with Crippen LogP contribution in [0.3, 0.4) is 0 Å². The normalized spacial score (nSPS) is 18.4. The van der Waals surface area contributed by atoms with Gasteiger partial charge in [0.2, 0.25) is 0 Å². The quantitative estimate of drug-likeness (QED) is 0.496. The van der Waals surface area contributed by atoms with E-state index in [1.807, 2.05) is 0 Å². The van der Waals surface area contributed by atoms with Crippen LogP contribution in [0.4, 0.5) is 21.8 Å². The van der Waals surface area contributed by atoms with Crippen LogP contribution < -0.4 is 0 Å². The molecule has 2 aromatic rings. The van der Waals surface area contributed by atoms with Crippen LogP contribution in [0.2, 0.25) is 0 Å². The van der Waals surface area contributed by atoms with Crippen molar-refractivity contribution < 1.29 is 26.3 Å². The van der Waals surface area contributed by atoms with Crippen molar-refractivity contribution in [1.82, 2.24) is 9.46 Å². The average molecular weight is 393 g/mol. The third kappa shape index (κ3) is 2.34. The van der Waals surface area contributed by atoms with Crippen molar-refractivity contribution in [2.75, 3.05) is 0 Å². The lowest BCUT2D eigenvalue weighted by Crippen LogP contribution is -2.51. The lowest BCUT2D eigenvalue weighted by molar-refractivity contribution is -0.363. The Kier molecular flexibility index (Phi) is 3.76. The van der Waals surface area contributed by atoms with Crippen LogP contribution in [-0.4, -0.2) is 26.6 Å². The third-order valence-electron chi connectivity index (χ3n) is 5.28. The Hall–Kier alpha value is -2.71. The fraction of sp³-hybridized carbons (Fsp3) is 0.263. The highest BCUT2D eigenvalue weighted by molar-refractivity contribution is 6.58. The fourth-order valence-corrected chi connectivity index (χ4v) is 4.36. The molecule has 0 unspecified atom stereocenters. The summed E-state index contributed by atoms with van der Waals surface area (Å²) < 4.78 is 73.8. The van der Waals surface area contributed by atoms with Crippen LogP contribution in [0.25, 0.3) is 5.57 Å². The molecule has 0 atom stereocenters. The maximum atomic E-state index is 15.5. The van der Waals surface area contributed by atoms with Crippen molar-refractivity contribution in [3.8, 4) is 0 Å². The number of allylic oxidation sites excluding steroid dienone is 2. The van der Waals surface area contributed by atoms with E-state index in [1.54, 1.807) is 26.0 Å². The maximum Gasteiger partial charge on any atom is 0.737 e. The van der Waals surface area contributed by atoms with Gasteiger partial charge in [0.1, 0.15) is 5.71 Å². The number of aromatic nitrogens is 2. The predicted octanol–water partition coefficient (Wildman–Crippen LogP) is 4.95. The molecular weight excluding hydrogens is 376 g/mol. The van der Waals surface area contributed by atoms with E-state index in [2.05, 4.69) is 4.98 Å². The minimum atomic E-state index is -4.66. The Balaban J connectivity index is 2.21. The first kappa shape index (κ1) is 18.6. The molecule has 0 saturated carbocycles. The highest BCUT2D eigenvalue weighted by atomic mass is 19.4. The van der Waals surface area contributed by atoms with Gasteiger partial charge in [-0.15, -0.1) is 0 Å². The van der Waals surface area contributed by atoms with E-state index in [9.17, 15) is 13.2 Å². The van der Waals surface area contributed by atoms with Crippen LogP contribution in [-0.2, 0) is 6.18 Å². The topological polar surface area (TPSA) is 20.8 Å². The van der Waals surface area contributed by atoms with Crippen LogP contribution in [0.15, 0.2) is 41.7 Å². The van der Waals surface area contributed by atoms with Crippen molar-refractivity contribution in [3.05, 3.63) is 70.0 Å². The molecule has 0 aromatic carbocycles. The van der Waals surface area contributed by atoms with E-state index >= 15 is 8.63 Å². The van der Waals surface area contributed by atoms with E-state index in [1.165, 1.54) is 26.1 Å². The zero-order chi connectivity index (χ0) is 20.6. The zero-order valence-electron chi connectivity index (χ0n) is 15.7. The minimum Gasteiger partial charge on any atom is -0.393 e. The third-order valence-corrected chi connectivity index (χ3v) is 5.28. The number of pyridine rings is 1. The first-order valence-electron chi connectivity index (χ1n) is 8.76. The summed E-state index contributed by atoms with van der Waals surface area (Å²) in [6.07, 6.45) is -1.85. The molecule has 9 heteroatoms. The summed E-state index contributed by atoms with van der Waals surface area (Å²) in [6, 6.07) is 3.69. The summed E-state index contributed by atoms with van der Waals surface area (Å²) >= 11 is 0. The van der Waals surface area contributed by atoms with Crippen molar-refractivity contribution in [1.29, 1.82) is 0 Å². The fourth-order valence-electron chi connectivity index (χ4n) is 4.36. The molecule has 0 amide bonds. The van der Waals surface area contributed by atoms with Gasteiger partial charge in [-0.25, -0.2) is 0 Å². The lowest BCUT2D eigenvalue weighted by Gasteiger charge is -2.34. The van der Waals surface area contributed by atoms with E-state index in [0.717, 1.165) is 15.0 Å². The van der Waals surface area contributed by atoms with Gasteiger partial charge < -0.3 is 17.6 Å². The molecule has 4 heterocycles. The highest BCUT2D eigenvalue weighted by Gasteiger charge is 2.56. The Labute approximate surface area is 158 Å². The van der Waals surface area contributed by atoms with Gasteiger partial charge in [-0.3, -0.25) is 4.98 Å². The first-order valence-corrected chi connectivity index (χ1v) is 8.76. The molecule has 0 aliphatic carbocycles. The number of fused-ring (bicyclic) bond motifs is 2. The van der Waals surface area contributed by atoms with E-state index < -0.39 is 18.7 Å². The molecule has 2 aliphatic rings. The molecule has 0 N–H and O–H groups in total. The smallest absolute Gasteiger partial charge is 0.393 e. The molecular formula is C19H17BF5N3. The van der Waals surface area contributed by atoms with Crippen molar-refractivity contribution in [2.24, 2.45) is 0 Å². The Morgan fingerprint density at radius 2 is 1.79 bits per heavy atom. The van der Waals surface area contributed by atoms with Gasteiger partial charge in [-0.2, -0.15) is 13.2 Å². The summed E-state index contributed by atoms with van der Waals surface area (Å²) in [5.41, 5.74) is 0.502. The second-order valence-electron chi connectivity index (χ2n) is 7.24. The molecule has 0 spiro atoms. The molecule has 2 aromatic heterocycles. The number of hydrogen-bond acceptors (Lipinski definition) is 1. The van der Waals surface area contributed by atoms with Gasteiger partial charge in [0, 0.05) is 30.5 Å². The van der Waals surface area contributed by atoms with Crippen molar-refractivity contribution >= 4 is 18.3 Å². The van der Waals surface area contributed by atoms with Crippen molar-refractivity contribution in [2.45, 2.75) is 33.9 Å². The summed E-state index contributed by atoms with van der Waals surface area (Å²) in [5.74, 6) is 0. The average Bonchev–Trinajstić information content (AvgIpc) is 3.04. The van der Waals surface area contributed by atoms with Gasteiger partial charge in [0.05, 0.1) is 16.8 Å². The standard InChI is InChI=1S/C19H17BF5N3/c1-10-8-12(3)27-17(10)15(16-14(19(21,22)23)6-5-7-26-16)18-11(2)9-13(4)28(18)20(27,24)25/h5-9H,1-4H3. The van der Waals surface area contributed by atoms with Gasteiger partial charge in [-0.1, -0.05) is 0 Å². The van der Waals surface area contributed by atoms with Gasteiger partial charge in [0.25, 0.3) is 0 Å². The second-order valence-corrected chi connectivity index (χ2v) is 7.24. The van der Waals surface area contributed by atoms with E-state index in [4.69, 9.17) is 0 Å². The molecule has 4 rings (SSSR count). The predicted molar refractivity (Wildman–Crippen MR) is 97.2 cm³/mol. The molecule has 28 heavy (non-hydrogen) atoms. The Bertz CT molecular complexity index is 1120. The summed E-state index contributed by atoms with van der Waals surface area (Å²) in [5, 5.41) is 0. The lowest BCUT2D eigenvalue weighted by atomic mass is 9.84. The highest BCUT2D eigenvalue weighted by Crippen LogP contribution is 2.46. The monoisotopic (exact) mass is 393 g/mol. The number of hydrogen-bond donors (Lipinski definition) is 0. The molecule has 2 aliphatic heterocycles. The Morgan fingerprint density at radius 3 is 2.43 bits per heavy atom. The van der Waals surface area contributed by atoms with Gasteiger partial charge >= 0.3 is 13.1 Å². The minimum absolute atomic E-state index is 0.0805. The number of rotatable bonds is 1. The van der Waals surface area contributed by atoms with E-state index in [0.29, 0.717) is 11.1 Å². The number of nitrogens with zero attached hydrogens (tertiary/aromatic N) is 3. The zero-order valence-corrected chi connectivity index (χ0v) is 15.7. The van der Waals surface area contributed by atoms with Gasteiger partial charge in [0.15, 0.2) is 5.70 Å². The molecule has 0 saturated heterocycles. The SMILES string of the molecule is CC1=CC(C)=[N+]2C1=C(c1ncccc1C(F)(F)F)c1c(C)cc(C)n1[B-]2(F)F. The summed E-state index contributed by atoms with van der Waals surface area (Å²) in [7, 11) is 0. The van der Waals surface area contributed by atoms with Crippen LogP contribution in [0.5, 0.6) is 0 Å². The number of aryl methyl sites for hydroxylation is 2. The summed E-state index contributed by atoms with van der Waals surface area (Å²) in [4.78, 5) is 3.99. The van der Waals surface area contributed by atoms with Crippen LogP contribution in [0.1, 0.15) is 42.1 Å². The molecule has 146 valence electrons. The second kappa shape index (κ2) is 5.65. The summed E-state index contributed by atoms with van der Waals surface area (Å²) in [6.45, 7) is 2.07. The molecule has 0 fully saturated rings. The molecule has 0 radical (unpaired) electrons. The maximum absolute atomic E-state index is 15.5. The van der Waals surface area contributed by atoms with E-state index in [-0.39, 0.29) is 34.1 Å². The van der Waals surface area contributed by atoms with Crippen LogP contribution in [0, 0.1) is 13.8 Å². The Morgan fingerprint density at radius 1 is 1.11 bits per heavy atom. The van der Waals surface area contributed by atoms with Crippen LogP contribution >= 0.6 is 0 Å². The molecule has 3 nitrogen and oxygen atoms in total.